The topological polar surface area (TPSA) is 279 Å². The molecule has 17 heteroatoms. The number of rotatable bonds is 18. The Balaban J connectivity index is 1.72. The summed E-state index contributed by atoms with van der Waals surface area (Å²) in [4.78, 5) is 21.4. The van der Waals surface area contributed by atoms with Crippen LogP contribution in [0.15, 0.2) is 24.3 Å². The van der Waals surface area contributed by atoms with Crippen molar-refractivity contribution in [2.24, 2.45) is 0 Å². The van der Waals surface area contributed by atoms with E-state index in [1.807, 2.05) is 24.3 Å². The fourth-order valence-corrected chi connectivity index (χ4v) is 4.04. The summed E-state index contributed by atoms with van der Waals surface area (Å²) in [6.45, 7) is -0.142. The van der Waals surface area contributed by atoms with Crippen molar-refractivity contribution in [2.45, 2.75) is 43.7 Å². The third-order valence-electron chi connectivity index (χ3n) is 6.42. The summed E-state index contributed by atoms with van der Waals surface area (Å²) in [7, 11) is 0. The molecule has 1 aromatic carbocycles. The second-order valence-corrected chi connectivity index (χ2v) is 10.2. The Kier molecular flexibility index (Phi) is 15.3. The first-order valence-corrected chi connectivity index (χ1v) is 14.0. The number of aliphatic hydroxyl groups excluding tert-OH is 6. The molecule has 4 atom stereocenters. The van der Waals surface area contributed by atoms with Crippen molar-refractivity contribution >= 4 is 40.8 Å². The number of carbonyl (C=O) groups is 1. The number of hydrogen-bond acceptors (Lipinski definition) is 14. The van der Waals surface area contributed by atoms with E-state index in [4.69, 9.17) is 38.7 Å². The minimum Gasteiger partial charge on any atom is -0.394 e. The normalized spacial score (nSPS) is 14.1. The van der Waals surface area contributed by atoms with Crippen LogP contribution in [0.3, 0.4) is 0 Å². The van der Waals surface area contributed by atoms with Crippen molar-refractivity contribution < 1.29 is 35.4 Å². The van der Waals surface area contributed by atoms with Crippen molar-refractivity contribution in [1.82, 2.24) is 25.5 Å². The average molecular weight is 628 g/mol. The number of nitrogens with zero attached hydrogens (tertiary/aromatic N) is 3. The van der Waals surface area contributed by atoms with Gasteiger partial charge in [0.15, 0.2) is 28.4 Å². The lowest BCUT2D eigenvalue weighted by Gasteiger charge is -2.30. The van der Waals surface area contributed by atoms with Crippen LogP contribution in [-0.2, 0) is 6.42 Å². The number of nitrogen functional groups attached to an aromatic ring is 2. The molecule has 2 aromatic rings. The average Bonchev–Trinajstić information content (AvgIpc) is 2.98. The van der Waals surface area contributed by atoms with E-state index in [-0.39, 0.29) is 41.5 Å². The van der Waals surface area contributed by atoms with Gasteiger partial charge in [-0.3, -0.25) is 20.4 Å². The van der Waals surface area contributed by atoms with Gasteiger partial charge >= 0.3 is 0 Å². The predicted molar refractivity (Wildman–Crippen MR) is 162 cm³/mol. The highest BCUT2D eigenvalue weighted by molar-refractivity contribution is 6.31. The largest absolute Gasteiger partial charge is 0.394 e. The molecule has 2 rings (SSSR count). The predicted octanol–water partition coefficient (Wildman–Crippen LogP) is -2.29. The lowest BCUT2D eigenvalue weighted by molar-refractivity contribution is -0.0529. The third-order valence-corrected chi connectivity index (χ3v) is 6.69. The van der Waals surface area contributed by atoms with Gasteiger partial charge in [0, 0.05) is 38.4 Å². The quantitative estimate of drug-likeness (QED) is 0.0471. The van der Waals surface area contributed by atoms with Crippen molar-refractivity contribution in [3.63, 3.8) is 0 Å². The molecular formula is C26H42ClN9O7. The molecule has 0 fully saturated rings. The molecule has 0 saturated carbocycles. The molecule has 1 heterocycles. The smallest absolute Gasteiger partial charge is 0.280 e. The van der Waals surface area contributed by atoms with Crippen molar-refractivity contribution in [2.75, 3.05) is 62.7 Å². The molecule has 1 amide bonds. The van der Waals surface area contributed by atoms with Crippen molar-refractivity contribution in [3.8, 4) is 0 Å². The molecule has 0 saturated heterocycles. The van der Waals surface area contributed by atoms with Gasteiger partial charge in [-0.1, -0.05) is 23.7 Å². The summed E-state index contributed by atoms with van der Waals surface area (Å²) < 4.78 is 0. The van der Waals surface area contributed by atoms with Gasteiger partial charge in [0.05, 0.1) is 25.4 Å². The Morgan fingerprint density at radius 2 is 1.51 bits per heavy atom. The minimum atomic E-state index is -1.35. The summed E-state index contributed by atoms with van der Waals surface area (Å²) in [6, 6.07) is 7.77. The lowest BCUT2D eigenvalue weighted by Crippen LogP contribution is -2.47. The number of hydrogen-bond donors (Lipinski definition) is 12. The number of benzene rings is 1. The molecule has 0 unspecified atom stereocenters. The van der Waals surface area contributed by atoms with E-state index >= 15 is 0 Å². The first-order chi connectivity index (χ1) is 20.4. The van der Waals surface area contributed by atoms with E-state index in [0.717, 1.165) is 30.5 Å². The molecule has 1 aromatic heterocycles. The SMILES string of the molecule is N=C(NCCCCc1ccc(NCCN(C[C@H](O)[C@H](O)CO)C[C@H](O)[C@H](O)CO)cc1)NC(=O)c1nc(Cl)c(N)nc1N. The maximum Gasteiger partial charge on any atom is 0.280 e. The van der Waals surface area contributed by atoms with Gasteiger partial charge in [-0.05, 0) is 37.0 Å². The zero-order valence-corrected chi connectivity index (χ0v) is 24.4. The van der Waals surface area contributed by atoms with Crippen LogP contribution in [0.1, 0.15) is 28.9 Å². The van der Waals surface area contributed by atoms with Crippen LogP contribution < -0.4 is 27.4 Å². The lowest BCUT2D eigenvalue weighted by atomic mass is 10.1. The summed E-state index contributed by atoms with van der Waals surface area (Å²) in [5.41, 5.74) is 12.9. The molecule has 0 aliphatic rings. The monoisotopic (exact) mass is 627 g/mol. The number of aliphatic hydroxyl groups is 6. The highest BCUT2D eigenvalue weighted by atomic mass is 35.5. The van der Waals surface area contributed by atoms with Crippen LogP contribution in [0.2, 0.25) is 5.15 Å². The van der Waals surface area contributed by atoms with Crippen LogP contribution in [0.4, 0.5) is 17.3 Å². The number of aromatic nitrogens is 2. The number of nitrogens with one attached hydrogen (secondary N) is 4. The van der Waals surface area contributed by atoms with Crippen molar-refractivity contribution in [3.05, 3.63) is 40.7 Å². The molecule has 14 N–H and O–H groups in total. The number of unbranched alkanes of at least 4 members (excludes halogenated alkanes) is 1. The Hall–Kier alpha value is -3.35. The number of halogens is 1. The molecule has 240 valence electrons. The number of amides is 1. The standard InChI is InChI=1S/C26H42ClN9O7/c27-22-24(29)34-23(28)21(33-22)25(43)35-26(30)32-8-2-1-3-15-4-6-16(7-5-15)31-9-10-36(11-17(39)19(41)13-37)12-18(40)20(42)14-38/h4-7,17-20,31,37-42H,1-3,8-14H2,(H4,28,29,34)(H3,30,32,35,43)/t17-,18-,19+,20+/m0/s1. The molecule has 16 nitrogen and oxygen atoms in total. The van der Waals surface area contributed by atoms with Gasteiger partial charge in [-0.2, -0.15) is 0 Å². The fourth-order valence-electron chi connectivity index (χ4n) is 3.91. The summed E-state index contributed by atoms with van der Waals surface area (Å²) in [5, 5.41) is 73.7. The van der Waals surface area contributed by atoms with Crippen LogP contribution in [0, 0.1) is 5.41 Å². The van der Waals surface area contributed by atoms with Crippen LogP contribution >= 0.6 is 11.6 Å². The molecular weight excluding hydrogens is 586 g/mol. The zero-order chi connectivity index (χ0) is 31.9. The van der Waals surface area contributed by atoms with Gasteiger partial charge in [0.1, 0.15) is 12.2 Å². The number of nitrogens with two attached hydrogens (primary N) is 2. The van der Waals surface area contributed by atoms with Gasteiger partial charge in [-0.15, -0.1) is 0 Å². The molecule has 0 aliphatic heterocycles. The van der Waals surface area contributed by atoms with E-state index in [0.29, 0.717) is 19.6 Å². The van der Waals surface area contributed by atoms with Gasteiger partial charge in [0.25, 0.3) is 5.91 Å². The second kappa shape index (κ2) is 18.3. The number of guanidine groups is 1. The van der Waals surface area contributed by atoms with E-state index < -0.39 is 43.5 Å². The highest BCUT2D eigenvalue weighted by Crippen LogP contribution is 2.17. The second-order valence-electron chi connectivity index (χ2n) is 9.86. The first-order valence-electron chi connectivity index (χ1n) is 13.7. The minimum absolute atomic E-state index is 0.0565. The van der Waals surface area contributed by atoms with E-state index in [1.54, 1.807) is 4.90 Å². The Labute approximate surface area is 254 Å². The molecule has 43 heavy (non-hydrogen) atoms. The number of anilines is 3. The molecule has 0 radical (unpaired) electrons. The van der Waals surface area contributed by atoms with Gasteiger partial charge in [0.2, 0.25) is 0 Å². The summed E-state index contributed by atoms with van der Waals surface area (Å²) in [5.74, 6) is -1.24. The molecule has 0 aliphatic carbocycles. The fraction of sp³-hybridized carbons (Fsp3) is 0.538. The van der Waals surface area contributed by atoms with Crippen LogP contribution in [0.25, 0.3) is 0 Å². The Morgan fingerprint density at radius 1 is 0.907 bits per heavy atom. The zero-order valence-electron chi connectivity index (χ0n) is 23.7. The summed E-state index contributed by atoms with van der Waals surface area (Å²) in [6.07, 6.45) is -2.86. The summed E-state index contributed by atoms with van der Waals surface area (Å²) >= 11 is 5.78. The van der Waals surface area contributed by atoms with E-state index in [2.05, 4.69) is 25.9 Å². The van der Waals surface area contributed by atoms with Gasteiger partial charge < -0.3 is 52.7 Å². The van der Waals surface area contributed by atoms with E-state index in [9.17, 15) is 25.2 Å². The Bertz CT molecular complexity index is 1140. The van der Waals surface area contributed by atoms with Gasteiger partial charge in [-0.25, -0.2) is 9.97 Å². The van der Waals surface area contributed by atoms with Crippen molar-refractivity contribution in [1.29, 1.82) is 5.41 Å². The van der Waals surface area contributed by atoms with E-state index in [1.165, 1.54) is 0 Å². The number of aryl methyl sites for hydroxylation is 1. The third kappa shape index (κ3) is 12.4. The molecule has 0 spiro atoms. The Morgan fingerprint density at radius 3 is 2.09 bits per heavy atom. The molecule has 0 bridgehead atoms. The van der Waals surface area contributed by atoms with Crippen LogP contribution in [0.5, 0.6) is 0 Å². The highest BCUT2D eigenvalue weighted by Gasteiger charge is 2.23. The maximum absolute atomic E-state index is 12.3. The maximum atomic E-state index is 12.3. The number of carbonyl (C=O) groups excluding carboxylic acids is 1. The van der Waals surface area contributed by atoms with Crippen LogP contribution in [-0.4, -0.2) is 128 Å². The first kappa shape index (κ1) is 35.8.